The van der Waals surface area contributed by atoms with Gasteiger partial charge in [0.2, 0.25) is 0 Å². The first-order chi connectivity index (χ1) is 8.47. The van der Waals surface area contributed by atoms with Crippen LogP contribution in [0.2, 0.25) is 0 Å². The monoisotopic (exact) mass is 275 g/mol. The van der Waals surface area contributed by atoms with Gasteiger partial charge in [-0.3, -0.25) is 8.98 Å². The lowest BCUT2D eigenvalue weighted by atomic mass is 9.99. The lowest BCUT2D eigenvalue weighted by Gasteiger charge is -2.25. The van der Waals surface area contributed by atoms with Gasteiger partial charge in [0.1, 0.15) is 5.60 Å². The second-order valence-corrected chi connectivity index (χ2v) is 5.95. The van der Waals surface area contributed by atoms with Gasteiger partial charge in [-0.15, -0.1) is 0 Å². The number of carbonyl (C=O) groups excluding carboxylic acids is 1. The number of rotatable bonds is 4. The molecule has 0 amide bonds. The van der Waals surface area contributed by atoms with Gasteiger partial charge in [-0.05, 0) is 25.7 Å². The Hall–Kier alpha value is -1.08. The van der Waals surface area contributed by atoms with E-state index < -0.39 is 15.7 Å². The fourth-order valence-electron chi connectivity index (χ4n) is 2.45. The molecule has 1 saturated carbocycles. The summed E-state index contributed by atoms with van der Waals surface area (Å²) in [4.78, 5) is 11.0. The normalized spacial score (nSPS) is 23.9. The third kappa shape index (κ3) is 2.67. The van der Waals surface area contributed by atoms with E-state index in [2.05, 4.69) is 10.1 Å². The SMILES string of the molecule is COC(=O)CCNC1=CS(=O)(=O)OC12CCCC2. The minimum Gasteiger partial charge on any atom is -0.469 e. The van der Waals surface area contributed by atoms with Gasteiger partial charge in [-0.25, -0.2) is 0 Å². The molecule has 0 radical (unpaired) electrons. The van der Waals surface area contributed by atoms with Crippen LogP contribution in [0, 0.1) is 0 Å². The predicted octanol–water partition coefficient (Wildman–Crippen LogP) is 0.653. The highest BCUT2D eigenvalue weighted by atomic mass is 32.2. The van der Waals surface area contributed by atoms with Crippen LogP contribution in [-0.4, -0.2) is 33.6 Å². The molecule has 6 nitrogen and oxygen atoms in total. The largest absolute Gasteiger partial charge is 0.469 e. The molecule has 0 aromatic rings. The van der Waals surface area contributed by atoms with Gasteiger partial charge in [0.15, 0.2) is 0 Å². The third-order valence-corrected chi connectivity index (χ3v) is 4.39. The molecule has 1 heterocycles. The lowest BCUT2D eigenvalue weighted by molar-refractivity contribution is -0.140. The van der Waals surface area contributed by atoms with E-state index in [4.69, 9.17) is 4.18 Å². The van der Waals surface area contributed by atoms with E-state index >= 15 is 0 Å². The van der Waals surface area contributed by atoms with E-state index in [1.807, 2.05) is 0 Å². The average Bonchev–Trinajstić information content (AvgIpc) is 2.85. The minimum absolute atomic E-state index is 0.198. The van der Waals surface area contributed by atoms with E-state index in [0.29, 0.717) is 25.1 Å². The molecule has 0 aromatic carbocycles. The topological polar surface area (TPSA) is 81.7 Å². The molecule has 0 unspecified atom stereocenters. The summed E-state index contributed by atoms with van der Waals surface area (Å²) in [6.45, 7) is 0.346. The van der Waals surface area contributed by atoms with Gasteiger partial charge in [0.25, 0.3) is 10.1 Å². The highest BCUT2D eigenvalue weighted by molar-refractivity contribution is 7.90. The average molecular weight is 275 g/mol. The Morgan fingerprint density at radius 2 is 2.17 bits per heavy atom. The van der Waals surface area contributed by atoms with Crippen molar-refractivity contribution < 1.29 is 22.1 Å². The van der Waals surface area contributed by atoms with Crippen LogP contribution in [0.25, 0.3) is 0 Å². The quantitative estimate of drug-likeness (QED) is 0.599. The molecule has 2 aliphatic rings. The minimum atomic E-state index is -3.58. The molecule has 0 aromatic heterocycles. The van der Waals surface area contributed by atoms with Crippen molar-refractivity contribution in [2.45, 2.75) is 37.7 Å². The maximum atomic E-state index is 11.5. The molecule has 1 spiro atoms. The standard InChI is InChI=1S/C11H17NO5S/c1-16-10(13)4-7-12-9-8-18(14,15)17-11(9)5-2-3-6-11/h8,12H,2-7H2,1H3. The number of esters is 1. The van der Waals surface area contributed by atoms with E-state index in [9.17, 15) is 13.2 Å². The first kappa shape index (κ1) is 13.4. The molecular weight excluding hydrogens is 258 g/mol. The first-order valence-corrected chi connectivity index (χ1v) is 7.43. The lowest BCUT2D eigenvalue weighted by Crippen LogP contribution is -2.35. The van der Waals surface area contributed by atoms with Crippen LogP contribution in [0.4, 0.5) is 0 Å². The van der Waals surface area contributed by atoms with E-state index in [1.54, 1.807) is 0 Å². The van der Waals surface area contributed by atoms with Crippen molar-refractivity contribution in [3.05, 3.63) is 11.1 Å². The number of ether oxygens (including phenoxy) is 1. The number of carbonyl (C=O) groups is 1. The van der Waals surface area contributed by atoms with Crippen molar-refractivity contribution >= 4 is 16.1 Å². The zero-order chi connectivity index (χ0) is 13.2. The van der Waals surface area contributed by atoms with Gasteiger partial charge in [0, 0.05) is 6.54 Å². The summed E-state index contributed by atoms with van der Waals surface area (Å²) >= 11 is 0. The summed E-state index contributed by atoms with van der Waals surface area (Å²) in [6, 6.07) is 0. The molecule has 1 N–H and O–H groups in total. The molecule has 0 atom stereocenters. The maximum absolute atomic E-state index is 11.5. The smallest absolute Gasteiger partial charge is 0.307 e. The van der Waals surface area contributed by atoms with Crippen molar-refractivity contribution in [3.63, 3.8) is 0 Å². The van der Waals surface area contributed by atoms with Gasteiger partial charge in [0.05, 0.1) is 24.6 Å². The Morgan fingerprint density at radius 3 is 2.78 bits per heavy atom. The highest BCUT2D eigenvalue weighted by Crippen LogP contribution is 2.43. The van der Waals surface area contributed by atoms with E-state index in [1.165, 1.54) is 7.11 Å². The first-order valence-electron chi connectivity index (χ1n) is 5.96. The molecule has 1 aliphatic heterocycles. The van der Waals surface area contributed by atoms with Gasteiger partial charge in [-0.1, -0.05) is 0 Å². The van der Waals surface area contributed by atoms with Gasteiger partial charge < -0.3 is 10.1 Å². The zero-order valence-corrected chi connectivity index (χ0v) is 11.1. The Labute approximate surface area is 106 Å². The van der Waals surface area contributed by atoms with Crippen LogP contribution in [0.3, 0.4) is 0 Å². The maximum Gasteiger partial charge on any atom is 0.307 e. The molecule has 0 saturated heterocycles. The van der Waals surface area contributed by atoms with Crippen LogP contribution < -0.4 is 5.32 Å². The van der Waals surface area contributed by atoms with Crippen LogP contribution in [0.15, 0.2) is 11.1 Å². The Morgan fingerprint density at radius 1 is 1.50 bits per heavy atom. The Balaban J connectivity index is 2.02. The predicted molar refractivity (Wildman–Crippen MR) is 63.9 cm³/mol. The van der Waals surface area contributed by atoms with Crippen molar-refractivity contribution in [3.8, 4) is 0 Å². The van der Waals surface area contributed by atoms with E-state index in [-0.39, 0.29) is 12.4 Å². The van der Waals surface area contributed by atoms with Crippen molar-refractivity contribution in [2.24, 2.45) is 0 Å². The van der Waals surface area contributed by atoms with Crippen molar-refractivity contribution in [1.82, 2.24) is 5.32 Å². The summed E-state index contributed by atoms with van der Waals surface area (Å²) < 4.78 is 32.8. The molecule has 2 rings (SSSR count). The Bertz CT molecular complexity index is 462. The van der Waals surface area contributed by atoms with Crippen LogP contribution in [-0.2, 0) is 23.8 Å². The highest BCUT2D eigenvalue weighted by Gasteiger charge is 2.47. The van der Waals surface area contributed by atoms with Crippen molar-refractivity contribution in [2.75, 3.05) is 13.7 Å². The number of methoxy groups -OCH3 is 1. The third-order valence-electron chi connectivity index (χ3n) is 3.31. The molecule has 1 aliphatic carbocycles. The summed E-state index contributed by atoms with van der Waals surface area (Å²) in [5, 5.41) is 4.13. The second kappa shape index (κ2) is 4.89. The Kier molecular flexibility index (Phi) is 3.63. The number of hydrogen-bond donors (Lipinski definition) is 1. The summed E-state index contributed by atoms with van der Waals surface area (Å²) in [5.41, 5.74) is -0.140. The van der Waals surface area contributed by atoms with Gasteiger partial charge >= 0.3 is 5.97 Å². The number of nitrogens with one attached hydrogen (secondary N) is 1. The molecule has 0 bridgehead atoms. The van der Waals surface area contributed by atoms with Gasteiger partial charge in [-0.2, -0.15) is 8.42 Å². The van der Waals surface area contributed by atoms with Crippen molar-refractivity contribution in [1.29, 1.82) is 0 Å². The van der Waals surface area contributed by atoms with Crippen LogP contribution in [0.1, 0.15) is 32.1 Å². The molecular formula is C11H17NO5S. The molecule has 7 heteroatoms. The summed E-state index contributed by atoms with van der Waals surface area (Å²) in [6.07, 6.45) is 3.49. The fraction of sp³-hybridized carbons (Fsp3) is 0.727. The van der Waals surface area contributed by atoms with E-state index in [0.717, 1.165) is 18.2 Å². The number of hydrogen-bond acceptors (Lipinski definition) is 6. The molecule has 1 fully saturated rings. The molecule has 102 valence electrons. The summed E-state index contributed by atoms with van der Waals surface area (Å²) in [7, 11) is -2.26. The fourth-order valence-corrected chi connectivity index (χ4v) is 3.78. The summed E-state index contributed by atoms with van der Waals surface area (Å²) in [5.74, 6) is -0.328. The zero-order valence-electron chi connectivity index (χ0n) is 10.3. The van der Waals surface area contributed by atoms with Crippen LogP contribution >= 0.6 is 0 Å². The van der Waals surface area contributed by atoms with Crippen LogP contribution in [0.5, 0.6) is 0 Å². The second-order valence-electron chi connectivity index (χ2n) is 4.56. The molecule has 18 heavy (non-hydrogen) atoms.